The number of unbranched alkanes of at least 4 members (excludes halogenated alkanes) is 1. The SMILES string of the molecule is CCOC(=O)CCN(CCCCN1CCCC1)C(=O)CC1CCCCC1. The van der Waals surface area contributed by atoms with E-state index in [4.69, 9.17) is 4.74 Å². The molecule has 0 aromatic heterocycles. The average molecular weight is 367 g/mol. The van der Waals surface area contributed by atoms with E-state index in [1.54, 1.807) is 0 Å². The number of carbonyl (C=O) groups excluding carboxylic acids is 2. The second-order valence-electron chi connectivity index (χ2n) is 7.90. The van der Waals surface area contributed by atoms with Gasteiger partial charge in [0.2, 0.25) is 5.91 Å². The van der Waals surface area contributed by atoms with E-state index in [0.717, 1.165) is 25.9 Å². The molecule has 0 unspecified atom stereocenters. The maximum absolute atomic E-state index is 12.8. The molecule has 2 aliphatic rings. The third-order valence-electron chi connectivity index (χ3n) is 5.78. The molecule has 1 aliphatic heterocycles. The van der Waals surface area contributed by atoms with Crippen molar-refractivity contribution >= 4 is 11.9 Å². The zero-order valence-corrected chi connectivity index (χ0v) is 16.7. The first-order chi connectivity index (χ1) is 12.7. The molecule has 0 atom stereocenters. The number of esters is 1. The number of hydrogen-bond acceptors (Lipinski definition) is 4. The summed E-state index contributed by atoms with van der Waals surface area (Å²) < 4.78 is 5.03. The summed E-state index contributed by atoms with van der Waals surface area (Å²) in [5.74, 6) is 0.591. The van der Waals surface area contributed by atoms with Crippen molar-refractivity contribution in [3.63, 3.8) is 0 Å². The fourth-order valence-corrected chi connectivity index (χ4v) is 4.23. The van der Waals surface area contributed by atoms with Crippen molar-refractivity contribution in [1.29, 1.82) is 0 Å². The van der Waals surface area contributed by atoms with Gasteiger partial charge in [0.1, 0.15) is 0 Å². The highest BCUT2D eigenvalue weighted by Gasteiger charge is 2.22. The zero-order chi connectivity index (χ0) is 18.6. The lowest BCUT2D eigenvalue weighted by molar-refractivity contribution is -0.144. The molecule has 0 bridgehead atoms. The Morgan fingerprint density at radius 2 is 1.73 bits per heavy atom. The number of carbonyl (C=O) groups is 2. The molecular weight excluding hydrogens is 328 g/mol. The Kier molecular flexibility index (Phi) is 10.0. The number of rotatable bonds is 11. The third-order valence-corrected chi connectivity index (χ3v) is 5.78. The normalized spacial score (nSPS) is 18.8. The Hall–Kier alpha value is -1.10. The van der Waals surface area contributed by atoms with Crippen LogP contribution in [0.25, 0.3) is 0 Å². The lowest BCUT2D eigenvalue weighted by Crippen LogP contribution is -2.36. The van der Waals surface area contributed by atoms with E-state index in [1.807, 2.05) is 11.8 Å². The average Bonchev–Trinajstić information content (AvgIpc) is 3.15. The van der Waals surface area contributed by atoms with Gasteiger partial charge < -0.3 is 14.5 Å². The molecule has 1 aliphatic carbocycles. The van der Waals surface area contributed by atoms with Gasteiger partial charge in [0, 0.05) is 19.5 Å². The van der Waals surface area contributed by atoms with Gasteiger partial charge in [-0.05, 0) is 71.0 Å². The predicted molar refractivity (Wildman–Crippen MR) is 104 cm³/mol. The molecule has 5 heteroatoms. The Balaban J connectivity index is 1.74. The van der Waals surface area contributed by atoms with Crippen LogP contribution >= 0.6 is 0 Å². The molecule has 0 aromatic rings. The Morgan fingerprint density at radius 3 is 2.42 bits per heavy atom. The summed E-state index contributed by atoms with van der Waals surface area (Å²) in [5, 5.41) is 0. The standard InChI is InChI=1S/C21H38N2O3/c1-2-26-21(25)12-17-23(16-9-8-15-22-13-6-7-14-22)20(24)18-19-10-4-3-5-11-19/h19H,2-18H2,1H3. The van der Waals surface area contributed by atoms with Crippen LogP contribution in [0.5, 0.6) is 0 Å². The molecular formula is C21H38N2O3. The Labute approximate surface area is 159 Å². The van der Waals surface area contributed by atoms with Gasteiger partial charge in [0.05, 0.1) is 13.0 Å². The number of amides is 1. The molecule has 5 nitrogen and oxygen atoms in total. The smallest absolute Gasteiger partial charge is 0.307 e. The van der Waals surface area contributed by atoms with Crippen LogP contribution in [-0.2, 0) is 14.3 Å². The Bertz CT molecular complexity index is 415. The van der Waals surface area contributed by atoms with Crippen molar-refractivity contribution in [2.24, 2.45) is 5.92 Å². The molecule has 1 amide bonds. The van der Waals surface area contributed by atoms with Crippen LogP contribution in [-0.4, -0.2) is 61.0 Å². The molecule has 0 aromatic carbocycles. The molecule has 26 heavy (non-hydrogen) atoms. The minimum Gasteiger partial charge on any atom is -0.466 e. The van der Waals surface area contributed by atoms with Crippen molar-refractivity contribution in [3.8, 4) is 0 Å². The van der Waals surface area contributed by atoms with Crippen LogP contribution in [0.15, 0.2) is 0 Å². The second-order valence-corrected chi connectivity index (χ2v) is 7.90. The van der Waals surface area contributed by atoms with Crippen LogP contribution < -0.4 is 0 Å². The van der Waals surface area contributed by atoms with E-state index < -0.39 is 0 Å². The summed E-state index contributed by atoms with van der Waals surface area (Å²) in [4.78, 5) is 28.9. The lowest BCUT2D eigenvalue weighted by Gasteiger charge is -2.27. The van der Waals surface area contributed by atoms with Gasteiger partial charge in [-0.1, -0.05) is 19.3 Å². The van der Waals surface area contributed by atoms with Gasteiger partial charge >= 0.3 is 5.97 Å². The Morgan fingerprint density at radius 1 is 1.00 bits per heavy atom. The number of ether oxygens (including phenoxy) is 1. The monoisotopic (exact) mass is 366 g/mol. The third kappa shape index (κ3) is 8.07. The summed E-state index contributed by atoms with van der Waals surface area (Å²) in [6.45, 7) is 7.11. The topological polar surface area (TPSA) is 49.9 Å². The highest BCUT2D eigenvalue weighted by atomic mass is 16.5. The first kappa shape index (κ1) is 21.2. The molecule has 0 radical (unpaired) electrons. The van der Waals surface area contributed by atoms with E-state index in [0.29, 0.717) is 31.9 Å². The number of hydrogen-bond donors (Lipinski definition) is 0. The summed E-state index contributed by atoms with van der Waals surface area (Å²) in [7, 11) is 0. The van der Waals surface area contributed by atoms with Crippen LogP contribution in [0.4, 0.5) is 0 Å². The molecule has 1 saturated heterocycles. The van der Waals surface area contributed by atoms with Crippen LogP contribution in [0, 0.1) is 5.92 Å². The predicted octanol–water partition coefficient (Wildman–Crippen LogP) is 3.61. The molecule has 0 spiro atoms. The van der Waals surface area contributed by atoms with E-state index in [-0.39, 0.29) is 11.9 Å². The number of nitrogens with zero attached hydrogens (tertiary/aromatic N) is 2. The van der Waals surface area contributed by atoms with Crippen molar-refractivity contribution in [1.82, 2.24) is 9.80 Å². The first-order valence-corrected chi connectivity index (χ1v) is 10.8. The van der Waals surface area contributed by atoms with Crippen molar-refractivity contribution in [3.05, 3.63) is 0 Å². The quantitative estimate of drug-likeness (QED) is 0.414. The summed E-state index contributed by atoms with van der Waals surface area (Å²) in [5.41, 5.74) is 0. The second kappa shape index (κ2) is 12.3. The molecule has 150 valence electrons. The zero-order valence-electron chi connectivity index (χ0n) is 16.7. The summed E-state index contributed by atoms with van der Waals surface area (Å²) >= 11 is 0. The van der Waals surface area contributed by atoms with Gasteiger partial charge in [-0.25, -0.2) is 0 Å². The number of likely N-dealkylation sites (tertiary alicyclic amines) is 1. The minimum absolute atomic E-state index is 0.194. The van der Waals surface area contributed by atoms with Gasteiger partial charge in [-0.15, -0.1) is 0 Å². The van der Waals surface area contributed by atoms with E-state index in [9.17, 15) is 9.59 Å². The molecule has 1 heterocycles. The largest absolute Gasteiger partial charge is 0.466 e. The molecule has 1 saturated carbocycles. The molecule has 2 rings (SSSR count). The van der Waals surface area contributed by atoms with Crippen LogP contribution in [0.2, 0.25) is 0 Å². The van der Waals surface area contributed by atoms with Crippen LogP contribution in [0.1, 0.15) is 77.6 Å². The van der Waals surface area contributed by atoms with E-state index in [1.165, 1.54) is 58.0 Å². The fraction of sp³-hybridized carbons (Fsp3) is 0.905. The van der Waals surface area contributed by atoms with Gasteiger partial charge in [-0.2, -0.15) is 0 Å². The van der Waals surface area contributed by atoms with E-state index >= 15 is 0 Å². The van der Waals surface area contributed by atoms with Crippen LogP contribution in [0.3, 0.4) is 0 Å². The van der Waals surface area contributed by atoms with Crippen molar-refractivity contribution < 1.29 is 14.3 Å². The molecule has 0 N–H and O–H groups in total. The van der Waals surface area contributed by atoms with Crippen molar-refractivity contribution in [2.45, 2.75) is 77.6 Å². The maximum Gasteiger partial charge on any atom is 0.307 e. The highest BCUT2D eigenvalue weighted by molar-refractivity contribution is 5.77. The minimum atomic E-state index is -0.194. The van der Waals surface area contributed by atoms with Crippen molar-refractivity contribution in [2.75, 3.05) is 39.3 Å². The van der Waals surface area contributed by atoms with Gasteiger partial charge in [0.15, 0.2) is 0 Å². The highest BCUT2D eigenvalue weighted by Crippen LogP contribution is 2.27. The summed E-state index contributed by atoms with van der Waals surface area (Å²) in [6, 6.07) is 0. The molecule has 2 fully saturated rings. The lowest BCUT2D eigenvalue weighted by atomic mass is 9.86. The maximum atomic E-state index is 12.8. The van der Waals surface area contributed by atoms with E-state index in [2.05, 4.69) is 4.90 Å². The van der Waals surface area contributed by atoms with Gasteiger partial charge in [0.25, 0.3) is 0 Å². The van der Waals surface area contributed by atoms with Gasteiger partial charge in [-0.3, -0.25) is 9.59 Å². The fourth-order valence-electron chi connectivity index (χ4n) is 4.23. The summed E-state index contributed by atoms with van der Waals surface area (Å²) in [6.07, 6.45) is 12.0. The first-order valence-electron chi connectivity index (χ1n) is 10.8.